The van der Waals surface area contributed by atoms with Crippen molar-refractivity contribution in [1.29, 1.82) is 0 Å². The van der Waals surface area contributed by atoms with Gasteiger partial charge in [0.2, 0.25) is 11.8 Å². The minimum absolute atomic E-state index is 0.0147. The van der Waals surface area contributed by atoms with E-state index in [1.54, 1.807) is 12.1 Å². The second kappa shape index (κ2) is 6.19. The average molecular weight is 316 g/mol. The lowest BCUT2D eigenvalue weighted by Crippen LogP contribution is -2.32. The van der Waals surface area contributed by atoms with Crippen molar-refractivity contribution in [3.8, 4) is 0 Å². The van der Waals surface area contributed by atoms with E-state index in [9.17, 15) is 14.0 Å². The number of fused-ring (bicyclic) bond motifs is 1. The monoisotopic (exact) mass is 316 g/mol. The molecule has 2 aromatic carbocycles. The maximum atomic E-state index is 13.5. The van der Waals surface area contributed by atoms with Crippen LogP contribution in [0.4, 0.5) is 15.8 Å². The van der Waals surface area contributed by atoms with Crippen LogP contribution in [0.15, 0.2) is 53.4 Å². The molecule has 0 bridgehead atoms. The molecule has 0 spiro atoms. The minimum atomic E-state index is -0.526. The SMILES string of the molecule is O=C(CC1Sc2ccccc2NC1=O)Nc1ccccc1F. The molecular weight excluding hydrogens is 303 g/mol. The van der Waals surface area contributed by atoms with Crippen LogP contribution in [0.1, 0.15) is 6.42 Å². The maximum Gasteiger partial charge on any atom is 0.238 e. The van der Waals surface area contributed by atoms with Crippen molar-refractivity contribution in [1.82, 2.24) is 0 Å². The van der Waals surface area contributed by atoms with Gasteiger partial charge in [-0.1, -0.05) is 24.3 Å². The molecule has 3 rings (SSSR count). The van der Waals surface area contributed by atoms with E-state index in [1.165, 1.54) is 23.9 Å². The largest absolute Gasteiger partial charge is 0.324 e. The van der Waals surface area contributed by atoms with Crippen molar-refractivity contribution in [3.05, 3.63) is 54.3 Å². The van der Waals surface area contributed by atoms with Crippen LogP contribution < -0.4 is 10.6 Å². The molecule has 0 radical (unpaired) electrons. The summed E-state index contributed by atoms with van der Waals surface area (Å²) in [5, 5.41) is 4.75. The van der Waals surface area contributed by atoms with E-state index in [4.69, 9.17) is 0 Å². The van der Waals surface area contributed by atoms with Crippen molar-refractivity contribution in [2.45, 2.75) is 16.6 Å². The predicted octanol–water partition coefficient (Wildman–Crippen LogP) is 3.27. The molecule has 2 N–H and O–H groups in total. The molecule has 1 aliphatic heterocycles. The highest BCUT2D eigenvalue weighted by Gasteiger charge is 2.28. The number of hydrogen-bond acceptors (Lipinski definition) is 3. The Morgan fingerprint density at radius 1 is 1.18 bits per heavy atom. The second-order valence-electron chi connectivity index (χ2n) is 4.82. The van der Waals surface area contributed by atoms with E-state index in [-0.39, 0.29) is 18.0 Å². The number of amides is 2. The van der Waals surface area contributed by atoms with E-state index < -0.39 is 17.0 Å². The van der Waals surface area contributed by atoms with Crippen LogP contribution in [0, 0.1) is 5.82 Å². The van der Waals surface area contributed by atoms with Gasteiger partial charge in [0.1, 0.15) is 5.82 Å². The van der Waals surface area contributed by atoms with Crippen LogP contribution in [-0.2, 0) is 9.59 Å². The summed E-state index contributed by atoms with van der Waals surface area (Å²) in [6.07, 6.45) is -0.0147. The Morgan fingerprint density at radius 3 is 2.73 bits per heavy atom. The molecular formula is C16H13FN2O2S. The summed E-state index contributed by atoms with van der Waals surface area (Å²) < 4.78 is 13.5. The number of carbonyl (C=O) groups excluding carboxylic acids is 2. The Bertz CT molecular complexity index is 736. The van der Waals surface area contributed by atoms with E-state index in [0.717, 1.165) is 10.6 Å². The zero-order valence-corrected chi connectivity index (χ0v) is 12.3. The Balaban J connectivity index is 1.67. The van der Waals surface area contributed by atoms with Gasteiger partial charge in [-0.25, -0.2) is 4.39 Å². The molecule has 1 atom stereocenters. The first-order valence-electron chi connectivity index (χ1n) is 6.74. The fourth-order valence-corrected chi connectivity index (χ4v) is 3.27. The molecule has 1 unspecified atom stereocenters. The van der Waals surface area contributed by atoms with Gasteiger partial charge < -0.3 is 10.6 Å². The summed E-state index contributed by atoms with van der Waals surface area (Å²) >= 11 is 1.34. The van der Waals surface area contributed by atoms with Gasteiger partial charge in [0, 0.05) is 11.3 Å². The summed E-state index contributed by atoms with van der Waals surface area (Å²) in [5.41, 5.74) is 0.873. The molecule has 0 aliphatic carbocycles. The Kier molecular flexibility index (Phi) is 4.11. The maximum absolute atomic E-state index is 13.5. The van der Waals surface area contributed by atoms with Crippen LogP contribution >= 0.6 is 11.8 Å². The van der Waals surface area contributed by atoms with Gasteiger partial charge in [-0.2, -0.15) is 0 Å². The van der Waals surface area contributed by atoms with Gasteiger partial charge in [0.15, 0.2) is 0 Å². The molecule has 2 aromatic rings. The number of thioether (sulfide) groups is 1. The predicted molar refractivity (Wildman–Crippen MR) is 84.4 cm³/mol. The molecule has 22 heavy (non-hydrogen) atoms. The quantitative estimate of drug-likeness (QED) is 0.914. The average Bonchev–Trinajstić information content (AvgIpc) is 2.50. The number of nitrogens with one attached hydrogen (secondary N) is 2. The summed E-state index contributed by atoms with van der Waals surface area (Å²) in [4.78, 5) is 25.0. The number of hydrogen-bond donors (Lipinski definition) is 2. The van der Waals surface area contributed by atoms with Gasteiger partial charge in [0.05, 0.1) is 16.6 Å². The Labute approximate surface area is 131 Å². The third-order valence-electron chi connectivity index (χ3n) is 3.23. The number of rotatable bonds is 3. The van der Waals surface area contributed by atoms with Gasteiger partial charge in [-0.3, -0.25) is 9.59 Å². The molecule has 1 aliphatic rings. The standard InChI is InChI=1S/C16H13FN2O2S/c17-10-5-1-2-6-11(10)18-15(20)9-14-16(21)19-12-7-3-4-8-13(12)22-14/h1-8,14H,9H2,(H,18,20)(H,19,21). The fraction of sp³-hybridized carbons (Fsp3) is 0.125. The van der Waals surface area contributed by atoms with Crippen molar-refractivity contribution in [2.24, 2.45) is 0 Å². The lowest BCUT2D eigenvalue weighted by Gasteiger charge is -2.23. The van der Waals surface area contributed by atoms with Crippen LogP contribution in [0.2, 0.25) is 0 Å². The molecule has 2 amide bonds. The molecule has 0 aromatic heterocycles. The molecule has 112 valence electrons. The number of halogens is 1. The van der Waals surface area contributed by atoms with Crippen LogP contribution in [0.5, 0.6) is 0 Å². The van der Waals surface area contributed by atoms with Crippen molar-refractivity contribution >= 4 is 35.0 Å². The molecule has 1 heterocycles. The van der Waals surface area contributed by atoms with E-state index in [2.05, 4.69) is 10.6 Å². The Hall–Kier alpha value is -2.34. The molecule has 0 saturated carbocycles. The molecule has 6 heteroatoms. The normalized spacial score (nSPS) is 16.6. The summed E-state index contributed by atoms with van der Waals surface area (Å²) in [5.74, 6) is -1.11. The molecule has 4 nitrogen and oxygen atoms in total. The van der Waals surface area contributed by atoms with E-state index in [1.807, 2.05) is 24.3 Å². The van der Waals surface area contributed by atoms with Gasteiger partial charge >= 0.3 is 0 Å². The second-order valence-corrected chi connectivity index (χ2v) is 6.07. The van der Waals surface area contributed by atoms with Crippen molar-refractivity contribution in [3.63, 3.8) is 0 Å². The van der Waals surface area contributed by atoms with Crippen LogP contribution in [0.25, 0.3) is 0 Å². The lowest BCUT2D eigenvalue weighted by atomic mass is 10.2. The Morgan fingerprint density at radius 2 is 1.91 bits per heavy atom. The van der Waals surface area contributed by atoms with E-state index >= 15 is 0 Å². The molecule has 0 saturated heterocycles. The van der Waals surface area contributed by atoms with Gasteiger partial charge in [-0.05, 0) is 24.3 Å². The smallest absolute Gasteiger partial charge is 0.238 e. The van der Waals surface area contributed by atoms with Crippen molar-refractivity contribution in [2.75, 3.05) is 10.6 Å². The first kappa shape index (κ1) is 14.6. The van der Waals surface area contributed by atoms with Crippen molar-refractivity contribution < 1.29 is 14.0 Å². The highest BCUT2D eigenvalue weighted by atomic mass is 32.2. The fourth-order valence-electron chi connectivity index (χ4n) is 2.16. The number of benzene rings is 2. The summed E-state index contributed by atoms with van der Waals surface area (Å²) in [7, 11) is 0. The summed E-state index contributed by atoms with van der Waals surface area (Å²) in [6, 6.07) is 13.4. The lowest BCUT2D eigenvalue weighted by molar-refractivity contribution is -0.120. The highest BCUT2D eigenvalue weighted by Crippen LogP contribution is 2.36. The van der Waals surface area contributed by atoms with Gasteiger partial charge in [0.25, 0.3) is 0 Å². The minimum Gasteiger partial charge on any atom is -0.324 e. The molecule has 0 fully saturated rings. The highest BCUT2D eigenvalue weighted by molar-refractivity contribution is 8.01. The summed E-state index contributed by atoms with van der Waals surface area (Å²) in [6.45, 7) is 0. The number of anilines is 2. The van der Waals surface area contributed by atoms with E-state index in [0.29, 0.717) is 0 Å². The van der Waals surface area contributed by atoms with Gasteiger partial charge in [-0.15, -0.1) is 11.8 Å². The number of para-hydroxylation sites is 2. The zero-order valence-electron chi connectivity index (χ0n) is 11.5. The number of carbonyl (C=O) groups is 2. The van der Waals surface area contributed by atoms with Crippen LogP contribution in [-0.4, -0.2) is 17.1 Å². The van der Waals surface area contributed by atoms with Crippen LogP contribution in [0.3, 0.4) is 0 Å². The zero-order chi connectivity index (χ0) is 15.5. The third kappa shape index (κ3) is 3.12. The first-order chi connectivity index (χ1) is 10.6. The third-order valence-corrected chi connectivity index (χ3v) is 4.50. The first-order valence-corrected chi connectivity index (χ1v) is 7.62. The topological polar surface area (TPSA) is 58.2 Å².